The summed E-state index contributed by atoms with van der Waals surface area (Å²) in [6, 6.07) is 1.33. The van der Waals surface area contributed by atoms with Crippen LogP contribution in [0.25, 0.3) is 5.70 Å². The Bertz CT molecular complexity index is 532. The second kappa shape index (κ2) is 3.83. The van der Waals surface area contributed by atoms with Gasteiger partial charge in [-0.05, 0) is 12.2 Å². The predicted molar refractivity (Wildman–Crippen MR) is 57.1 cm³/mol. The molecule has 0 amide bonds. The maximum absolute atomic E-state index is 11.1. The lowest BCUT2D eigenvalue weighted by Gasteiger charge is -2.04. The van der Waals surface area contributed by atoms with Gasteiger partial charge < -0.3 is 10.3 Å². The molecule has 0 aromatic carbocycles. The Kier molecular flexibility index (Phi) is 2.37. The van der Waals surface area contributed by atoms with Crippen molar-refractivity contribution in [1.82, 2.24) is 15.3 Å². The van der Waals surface area contributed by atoms with Gasteiger partial charge in [0.1, 0.15) is 0 Å². The van der Waals surface area contributed by atoms with E-state index < -0.39 is 11.2 Å². The molecule has 0 bridgehead atoms. The minimum absolute atomic E-state index is 0.423. The van der Waals surface area contributed by atoms with E-state index in [4.69, 9.17) is 0 Å². The highest BCUT2D eigenvalue weighted by molar-refractivity contribution is 5.63. The highest BCUT2D eigenvalue weighted by Crippen LogP contribution is 2.06. The lowest BCUT2D eigenvalue weighted by Crippen LogP contribution is -2.24. The van der Waals surface area contributed by atoms with E-state index in [1.165, 1.54) is 6.07 Å². The summed E-state index contributed by atoms with van der Waals surface area (Å²) < 4.78 is 0. The zero-order valence-corrected chi connectivity index (χ0v) is 7.78. The molecule has 5 nitrogen and oxygen atoms in total. The van der Waals surface area contributed by atoms with Gasteiger partial charge >= 0.3 is 5.69 Å². The molecule has 0 saturated carbocycles. The van der Waals surface area contributed by atoms with Gasteiger partial charge in [-0.25, -0.2) is 4.79 Å². The van der Waals surface area contributed by atoms with Crippen molar-refractivity contribution < 1.29 is 0 Å². The van der Waals surface area contributed by atoms with E-state index >= 15 is 0 Å². The Morgan fingerprint density at radius 1 is 1.00 bits per heavy atom. The van der Waals surface area contributed by atoms with Crippen LogP contribution in [-0.4, -0.2) is 9.97 Å². The molecule has 76 valence electrons. The summed E-state index contributed by atoms with van der Waals surface area (Å²) >= 11 is 0. The van der Waals surface area contributed by atoms with Gasteiger partial charge in [0.15, 0.2) is 0 Å². The van der Waals surface area contributed by atoms with Crippen LogP contribution in [0.15, 0.2) is 46.2 Å². The van der Waals surface area contributed by atoms with Gasteiger partial charge in [-0.2, -0.15) is 0 Å². The number of rotatable bonds is 1. The molecule has 0 fully saturated rings. The third-order valence-corrected chi connectivity index (χ3v) is 1.87. The SMILES string of the molecule is O=c1cc(C2=CC=CC=CN2)[nH]c(=O)[nH]1. The summed E-state index contributed by atoms with van der Waals surface area (Å²) in [5.74, 6) is 0. The van der Waals surface area contributed by atoms with Crippen molar-refractivity contribution in [3.63, 3.8) is 0 Å². The fourth-order valence-electron chi connectivity index (χ4n) is 1.24. The number of H-pyrrole nitrogens is 2. The van der Waals surface area contributed by atoms with Crippen molar-refractivity contribution >= 4 is 5.70 Å². The minimum atomic E-state index is -0.516. The summed E-state index contributed by atoms with van der Waals surface area (Å²) in [6.07, 6.45) is 8.95. The molecule has 3 N–H and O–H groups in total. The first-order valence-electron chi connectivity index (χ1n) is 4.40. The second-order valence-electron chi connectivity index (χ2n) is 2.97. The quantitative estimate of drug-likeness (QED) is 0.604. The van der Waals surface area contributed by atoms with E-state index in [1.807, 2.05) is 18.2 Å². The third kappa shape index (κ3) is 2.14. The van der Waals surface area contributed by atoms with Crippen LogP contribution in [-0.2, 0) is 0 Å². The molecule has 0 radical (unpaired) electrons. The summed E-state index contributed by atoms with van der Waals surface area (Å²) in [5, 5.41) is 2.95. The van der Waals surface area contributed by atoms with Crippen LogP contribution in [0, 0.1) is 0 Å². The molecule has 0 unspecified atom stereocenters. The largest absolute Gasteiger partial charge is 0.360 e. The van der Waals surface area contributed by atoms with E-state index in [9.17, 15) is 9.59 Å². The smallest absolute Gasteiger partial charge is 0.326 e. The van der Waals surface area contributed by atoms with Crippen LogP contribution in [0.4, 0.5) is 0 Å². The maximum Gasteiger partial charge on any atom is 0.326 e. The first-order valence-corrected chi connectivity index (χ1v) is 4.40. The predicted octanol–water partition coefficient (Wildman–Crippen LogP) is 0.0772. The molecule has 1 aliphatic rings. The Labute approximate surface area is 84.9 Å². The molecule has 0 spiro atoms. The van der Waals surface area contributed by atoms with Gasteiger partial charge in [0.2, 0.25) is 0 Å². The normalized spacial score (nSPS) is 14.3. The Hall–Kier alpha value is -2.30. The molecule has 15 heavy (non-hydrogen) atoms. The van der Waals surface area contributed by atoms with Crippen molar-refractivity contribution in [2.75, 3.05) is 0 Å². The van der Waals surface area contributed by atoms with Crippen LogP contribution < -0.4 is 16.6 Å². The molecule has 2 heterocycles. The van der Waals surface area contributed by atoms with Crippen molar-refractivity contribution in [2.24, 2.45) is 0 Å². The summed E-state index contributed by atoms with van der Waals surface area (Å²) in [6.45, 7) is 0. The van der Waals surface area contributed by atoms with Crippen LogP contribution in [0.2, 0.25) is 0 Å². The standard InChI is InChI=1S/C10H9N3O2/c14-9-6-8(12-10(15)13-9)7-4-2-1-3-5-11-7/h1-6,11H,(H2,12,13,14,15). The van der Waals surface area contributed by atoms with Crippen LogP contribution in [0.1, 0.15) is 5.69 Å². The van der Waals surface area contributed by atoms with Crippen LogP contribution >= 0.6 is 0 Å². The van der Waals surface area contributed by atoms with Crippen molar-refractivity contribution in [3.05, 3.63) is 63.1 Å². The topological polar surface area (TPSA) is 77.8 Å². The first kappa shape index (κ1) is 9.26. The maximum atomic E-state index is 11.1. The molecule has 2 rings (SSSR count). The van der Waals surface area contributed by atoms with Crippen molar-refractivity contribution in [3.8, 4) is 0 Å². The number of hydrogen-bond donors (Lipinski definition) is 3. The molecule has 1 aromatic rings. The zero-order chi connectivity index (χ0) is 10.7. The molecule has 0 aliphatic carbocycles. The average molecular weight is 203 g/mol. The molecule has 5 heteroatoms. The third-order valence-electron chi connectivity index (χ3n) is 1.87. The summed E-state index contributed by atoms with van der Waals surface area (Å²) in [4.78, 5) is 26.8. The number of hydrogen-bond acceptors (Lipinski definition) is 3. The van der Waals surface area contributed by atoms with Gasteiger partial charge in [-0.3, -0.25) is 9.78 Å². The molecular weight excluding hydrogens is 194 g/mol. The fraction of sp³-hybridized carbons (Fsp3) is 0. The molecule has 0 saturated heterocycles. The lowest BCUT2D eigenvalue weighted by atomic mass is 10.3. The molecular formula is C10H9N3O2. The molecule has 1 aliphatic heterocycles. The van der Waals surface area contributed by atoms with Gasteiger partial charge in [-0.1, -0.05) is 12.2 Å². The van der Waals surface area contributed by atoms with Gasteiger partial charge in [0, 0.05) is 12.3 Å². The van der Waals surface area contributed by atoms with E-state index in [0.717, 1.165) is 0 Å². The van der Waals surface area contributed by atoms with Crippen LogP contribution in [0.3, 0.4) is 0 Å². The summed E-state index contributed by atoms with van der Waals surface area (Å²) in [5.41, 5.74) is 0.189. The first-order chi connectivity index (χ1) is 7.25. The Morgan fingerprint density at radius 3 is 2.67 bits per heavy atom. The lowest BCUT2D eigenvalue weighted by molar-refractivity contribution is 1.00. The molecule has 1 aromatic heterocycles. The second-order valence-corrected chi connectivity index (χ2v) is 2.97. The van der Waals surface area contributed by atoms with Crippen molar-refractivity contribution in [2.45, 2.75) is 0 Å². The van der Waals surface area contributed by atoms with E-state index in [2.05, 4.69) is 15.3 Å². The minimum Gasteiger partial charge on any atom is -0.360 e. The van der Waals surface area contributed by atoms with Crippen LogP contribution in [0.5, 0.6) is 0 Å². The Morgan fingerprint density at radius 2 is 1.87 bits per heavy atom. The van der Waals surface area contributed by atoms with Gasteiger partial charge in [0.05, 0.1) is 11.4 Å². The van der Waals surface area contributed by atoms with Gasteiger partial charge in [-0.15, -0.1) is 0 Å². The highest BCUT2D eigenvalue weighted by atomic mass is 16.2. The van der Waals surface area contributed by atoms with Crippen molar-refractivity contribution in [1.29, 1.82) is 0 Å². The molecule has 0 atom stereocenters. The Balaban J connectivity index is 2.50. The van der Waals surface area contributed by atoms with Gasteiger partial charge in [0.25, 0.3) is 5.56 Å². The zero-order valence-electron chi connectivity index (χ0n) is 7.78. The highest BCUT2D eigenvalue weighted by Gasteiger charge is 2.02. The monoisotopic (exact) mass is 203 g/mol. The fourth-order valence-corrected chi connectivity index (χ4v) is 1.24. The number of allylic oxidation sites excluding steroid dienone is 4. The van der Waals surface area contributed by atoms with E-state index in [1.54, 1.807) is 12.3 Å². The summed E-state index contributed by atoms with van der Waals surface area (Å²) in [7, 11) is 0. The number of aromatic nitrogens is 2. The van der Waals surface area contributed by atoms with E-state index in [0.29, 0.717) is 11.4 Å². The van der Waals surface area contributed by atoms with E-state index in [-0.39, 0.29) is 0 Å². The number of aromatic amines is 2. The number of nitrogens with one attached hydrogen (secondary N) is 3. The average Bonchev–Trinajstić information content (AvgIpc) is 2.43.